The van der Waals surface area contributed by atoms with Crippen molar-refractivity contribution in [1.82, 2.24) is 5.32 Å². The maximum Gasteiger partial charge on any atom is 0.281 e. The first kappa shape index (κ1) is 16.7. The Bertz CT molecular complexity index is 900. The number of ether oxygens (including phenoxy) is 1. The topological polar surface area (TPSA) is 41.6 Å². The number of carbonyl (C=O) groups excluding carboxylic acids is 1. The summed E-state index contributed by atoms with van der Waals surface area (Å²) in [6.45, 7) is 0.187. The molecule has 1 aliphatic rings. The summed E-state index contributed by atoms with van der Waals surface area (Å²) < 4.78 is 19.3. The van der Waals surface area contributed by atoms with E-state index in [0.717, 1.165) is 10.5 Å². The minimum absolute atomic E-state index is 0.117. The van der Waals surface area contributed by atoms with Gasteiger partial charge >= 0.3 is 0 Å². The van der Waals surface area contributed by atoms with Gasteiger partial charge in [0.05, 0.1) is 5.69 Å². The van der Waals surface area contributed by atoms with Crippen LogP contribution < -0.4 is 15.0 Å². The molecule has 0 aliphatic carbocycles. The van der Waals surface area contributed by atoms with Crippen LogP contribution in [0.1, 0.15) is 5.56 Å². The average molecular weight is 352 g/mol. The number of para-hydroxylation sites is 1. The zero-order valence-corrected chi connectivity index (χ0v) is 13.8. The summed E-state index contributed by atoms with van der Waals surface area (Å²) in [5.74, 6) is 2.09. The van der Waals surface area contributed by atoms with E-state index in [1.807, 2.05) is 0 Å². The third kappa shape index (κ3) is 3.52. The number of benzene rings is 2. The third-order valence-corrected chi connectivity index (χ3v) is 3.77. The lowest BCUT2D eigenvalue weighted by Gasteiger charge is -2.14. The standard InChI is InChI=1S/C19H13FN2O2S/c1-2-11-24-14-9-7-13(8-10-14)12-16-18(23)22(19(25)21-16)17-6-4-3-5-15(17)20/h1,3-10,12H,11H2,(H,21,25)/b16-12-. The minimum atomic E-state index is -0.517. The molecule has 124 valence electrons. The molecule has 0 atom stereocenters. The number of rotatable bonds is 4. The number of thiocarbonyl (C=S) groups is 1. The molecule has 2 aromatic carbocycles. The SMILES string of the molecule is C#CCOc1ccc(/C=C2\NC(=S)N(c3ccccc3F)C2=O)cc1. The number of halogens is 1. The molecule has 1 amide bonds. The van der Waals surface area contributed by atoms with Crippen LogP contribution in [0.2, 0.25) is 0 Å². The quantitative estimate of drug-likeness (QED) is 0.522. The van der Waals surface area contributed by atoms with E-state index in [9.17, 15) is 9.18 Å². The Morgan fingerprint density at radius 2 is 1.96 bits per heavy atom. The summed E-state index contributed by atoms with van der Waals surface area (Å²) in [6.07, 6.45) is 6.78. The Labute approximate surface area is 149 Å². The van der Waals surface area contributed by atoms with Crippen LogP contribution in [0, 0.1) is 18.2 Å². The van der Waals surface area contributed by atoms with Crippen LogP contribution in [0.25, 0.3) is 6.08 Å². The van der Waals surface area contributed by atoms with Gasteiger partial charge in [-0.25, -0.2) is 9.29 Å². The predicted octanol–water partition coefficient (Wildman–Crippen LogP) is 3.10. The normalized spacial score (nSPS) is 15.2. The number of carbonyl (C=O) groups is 1. The molecule has 2 aromatic rings. The van der Waals surface area contributed by atoms with Gasteiger partial charge in [0.15, 0.2) is 5.11 Å². The third-order valence-electron chi connectivity index (χ3n) is 3.48. The fraction of sp³-hybridized carbons (Fsp3) is 0.0526. The smallest absolute Gasteiger partial charge is 0.281 e. The summed E-state index contributed by atoms with van der Waals surface area (Å²) in [4.78, 5) is 13.7. The lowest BCUT2D eigenvalue weighted by molar-refractivity contribution is -0.113. The number of hydrogen-bond acceptors (Lipinski definition) is 3. The molecule has 25 heavy (non-hydrogen) atoms. The van der Waals surface area contributed by atoms with Gasteiger partial charge in [-0.05, 0) is 48.1 Å². The monoisotopic (exact) mass is 352 g/mol. The Morgan fingerprint density at radius 3 is 2.64 bits per heavy atom. The zero-order chi connectivity index (χ0) is 17.8. The first-order valence-electron chi connectivity index (χ1n) is 7.38. The van der Waals surface area contributed by atoms with Gasteiger partial charge in [-0.3, -0.25) is 4.79 Å². The van der Waals surface area contributed by atoms with Crippen LogP contribution in [0.4, 0.5) is 10.1 Å². The predicted molar refractivity (Wildman–Crippen MR) is 98.4 cm³/mol. The van der Waals surface area contributed by atoms with Crippen molar-refractivity contribution in [1.29, 1.82) is 0 Å². The highest BCUT2D eigenvalue weighted by Crippen LogP contribution is 2.25. The van der Waals surface area contributed by atoms with Crippen molar-refractivity contribution in [2.24, 2.45) is 0 Å². The fourth-order valence-corrected chi connectivity index (χ4v) is 2.63. The van der Waals surface area contributed by atoms with Crippen LogP contribution in [0.3, 0.4) is 0 Å². The van der Waals surface area contributed by atoms with Crippen molar-refractivity contribution in [3.63, 3.8) is 0 Å². The Morgan fingerprint density at radius 1 is 1.24 bits per heavy atom. The van der Waals surface area contributed by atoms with E-state index in [2.05, 4.69) is 11.2 Å². The van der Waals surface area contributed by atoms with Gasteiger partial charge in [0.25, 0.3) is 5.91 Å². The van der Waals surface area contributed by atoms with Gasteiger partial charge in [-0.2, -0.15) is 0 Å². The van der Waals surface area contributed by atoms with E-state index in [4.69, 9.17) is 23.4 Å². The molecule has 0 aromatic heterocycles. The molecule has 6 heteroatoms. The Kier molecular flexibility index (Phi) is 4.78. The molecule has 1 aliphatic heterocycles. The molecule has 1 heterocycles. The van der Waals surface area contributed by atoms with Crippen molar-refractivity contribution in [3.05, 3.63) is 65.6 Å². The second-order valence-electron chi connectivity index (χ2n) is 5.14. The van der Waals surface area contributed by atoms with Crippen LogP contribution in [-0.4, -0.2) is 17.6 Å². The maximum atomic E-state index is 14.0. The minimum Gasteiger partial charge on any atom is -0.481 e. The molecule has 3 rings (SSSR count). The Hall–Kier alpha value is -3.17. The first-order chi connectivity index (χ1) is 12.1. The van der Waals surface area contributed by atoms with E-state index >= 15 is 0 Å². The van der Waals surface area contributed by atoms with Gasteiger partial charge in [0, 0.05) is 0 Å². The number of hydrogen-bond donors (Lipinski definition) is 1. The summed E-state index contributed by atoms with van der Waals surface area (Å²) in [7, 11) is 0. The van der Waals surface area contributed by atoms with Crippen molar-refractivity contribution < 1.29 is 13.9 Å². The molecule has 1 saturated heterocycles. The highest BCUT2D eigenvalue weighted by atomic mass is 32.1. The number of anilines is 1. The van der Waals surface area contributed by atoms with E-state index in [1.165, 1.54) is 12.1 Å². The van der Waals surface area contributed by atoms with Crippen molar-refractivity contribution >= 4 is 35.0 Å². The second-order valence-corrected chi connectivity index (χ2v) is 5.53. The lowest BCUT2D eigenvalue weighted by Crippen LogP contribution is -2.31. The number of nitrogens with one attached hydrogen (secondary N) is 1. The van der Waals surface area contributed by atoms with Crippen molar-refractivity contribution in [2.45, 2.75) is 0 Å². The molecule has 1 N–H and O–H groups in total. The molecule has 1 fully saturated rings. The van der Waals surface area contributed by atoms with Gasteiger partial charge in [-0.15, -0.1) is 6.42 Å². The molecular formula is C19H13FN2O2S. The van der Waals surface area contributed by atoms with Crippen molar-refractivity contribution in [3.8, 4) is 18.1 Å². The molecule has 0 bridgehead atoms. The highest BCUT2D eigenvalue weighted by molar-refractivity contribution is 7.80. The van der Waals surface area contributed by atoms with Crippen LogP contribution in [0.5, 0.6) is 5.75 Å². The molecule has 0 saturated carbocycles. The summed E-state index contributed by atoms with van der Waals surface area (Å²) in [6, 6.07) is 13.0. The molecule has 0 radical (unpaired) electrons. The first-order valence-corrected chi connectivity index (χ1v) is 7.79. The van der Waals surface area contributed by atoms with Crippen molar-refractivity contribution in [2.75, 3.05) is 11.5 Å². The largest absolute Gasteiger partial charge is 0.481 e. The molecular weight excluding hydrogens is 339 g/mol. The van der Waals surface area contributed by atoms with Crippen LogP contribution in [0.15, 0.2) is 54.2 Å². The number of amides is 1. The van der Waals surface area contributed by atoms with Gasteiger partial charge in [-0.1, -0.05) is 30.2 Å². The molecule has 0 unspecified atom stereocenters. The fourth-order valence-electron chi connectivity index (χ4n) is 2.34. The van der Waals surface area contributed by atoms with Crippen LogP contribution in [-0.2, 0) is 4.79 Å². The van der Waals surface area contributed by atoms with E-state index in [0.29, 0.717) is 5.75 Å². The van der Waals surface area contributed by atoms with E-state index < -0.39 is 11.7 Å². The highest BCUT2D eigenvalue weighted by Gasteiger charge is 2.33. The van der Waals surface area contributed by atoms with E-state index in [1.54, 1.807) is 42.5 Å². The average Bonchev–Trinajstić information content (AvgIpc) is 2.89. The number of terminal acetylenes is 1. The van der Waals surface area contributed by atoms with Gasteiger partial charge < -0.3 is 10.1 Å². The molecule has 4 nitrogen and oxygen atoms in total. The zero-order valence-electron chi connectivity index (χ0n) is 13.0. The summed E-state index contributed by atoms with van der Waals surface area (Å²) in [5, 5.41) is 2.96. The Balaban J connectivity index is 1.83. The summed E-state index contributed by atoms with van der Waals surface area (Å²) >= 11 is 5.17. The van der Waals surface area contributed by atoms with Crippen LogP contribution >= 0.6 is 12.2 Å². The van der Waals surface area contributed by atoms with Gasteiger partial charge in [0.2, 0.25) is 0 Å². The lowest BCUT2D eigenvalue weighted by atomic mass is 10.2. The summed E-state index contributed by atoms with van der Waals surface area (Å²) in [5.41, 5.74) is 1.15. The number of nitrogens with zero attached hydrogens (tertiary/aromatic N) is 1. The van der Waals surface area contributed by atoms with Gasteiger partial charge in [0.1, 0.15) is 23.9 Å². The second kappa shape index (κ2) is 7.16. The van der Waals surface area contributed by atoms with E-state index in [-0.39, 0.29) is 23.1 Å². The molecule has 0 spiro atoms. The maximum absolute atomic E-state index is 14.0.